The fourth-order valence-corrected chi connectivity index (χ4v) is 2.84. The minimum Gasteiger partial charge on any atom is -0.458 e. The summed E-state index contributed by atoms with van der Waals surface area (Å²) in [6.45, 7) is 0. The summed E-state index contributed by atoms with van der Waals surface area (Å²) < 4.78 is 5.99. The zero-order valence-electron chi connectivity index (χ0n) is 17.1. The minimum atomic E-state index is 0.873. The molecule has 0 unspecified atom stereocenters. The van der Waals surface area contributed by atoms with Crippen molar-refractivity contribution in [3.8, 4) is 0 Å². The van der Waals surface area contributed by atoms with Crippen LogP contribution in [0.5, 0.6) is 0 Å². The first-order valence-electron chi connectivity index (χ1n) is 9.50. The summed E-state index contributed by atoms with van der Waals surface area (Å²) in [5.41, 5.74) is 4.70. The van der Waals surface area contributed by atoms with Gasteiger partial charge >= 0.3 is 0 Å². The molecule has 0 bridgehead atoms. The highest BCUT2D eigenvalue weighted by molar-refractivity contribution is 5.59. The molecular weight excluding hydrogens is 344 g/mol. The van der Waals surface area contributed by atoms with Crippen LogP contribution in [0.15, 0.2) is 84.4 Å². The number of nitrogens with zero attached hydrogens (tertiary/aromatic N) is 2. The predicted molar refractivity (Wildman–Crippen MR) is 121 cm³/mol. The highest BCUT2D eigenvalue weighted by atomic mass is 16.5. The van der Waals surface area contributed by atoms with Crippen molar-refractivity contribution >= 4 is 23.5 Å². The third kappa shape index (κ3) is 5.40. The summed E-state index contributed by atoms with van der Waals surface area (Å²) in [5.74, 6) is 1.75. The quantitative estimate of drug-likeness (QED) is 0.644. The van der Waals surface area contributed by atoms with Crippen LogP contribution >= 0.6 is 0 Å². The van der Waals surface area contributed by atoms with Gasteiger partial charge in [-0.2, -0.15) is 0 Å². The van der Waals surface area contributed by atoms with Gasteiger partial charge in [0.1, 0.15) is 11.5 Å². The van der Waals surface area contributed by atoms with E-state index in [2.05, 4.69) is 82.6 Å². The zero-order chi connectivity index (χ0) is 19.9. The van der Waals surface area contributed by atoms with E-state index >= 15 is 0 Å². The number of ether oxygens (including phenoxy) is 1. The molecule has 1 heterocycles. The number of hydrogen-bond donors (Lipinski definition) is 0. The number of hydrogen-bond acceptors (Lipinski definition) is 3. The van der Waals surface area contributed by atoms with Crippen LogP contribution in [0.3, 0.4) is 0 Å². The lowest BCUT2D eigenvalue weighted by molar-refractivity contribution is 0.327. The zero-order valence-corrected chi connectivity index (χ0v) is 17.1. The fourth-order valence-electron chi connectivity index (χ4n) is 2.84. The van der Waals surface area contributed by atoms with Crippen LogP contribution in [0.25, 0.3) is 12.2 Å². The summed E-state index contributed by atoms with van der Waals surface area (Å²) in [4.78, 5) is 4.19. The third-order valence-corrected chi connectivity index (χ3v) is 4.57. The fraction of sp³-hybridized carbons (Fsp3) is 0.200. The number of benzene rings is 2. The van der Waals surface area contributed by atoms with Gasteiger partial charge in [-0.1, -0.05) is 36.4 Å². The normalized spacial score (nSPS) is 14.0. The van der Waals surface area contributed by atoms with E-state index in [-0.39, 0.29) is 0 Å². The van der Waals surface area contributed by atoms with E-state index in [1.807, 2.05) is 40.3 Å². The molecule has 144 valence electrons. The maximum atomic E-state index is 5.99. The van der Waals surface area contributed by atoms with Crippen molar-refractivity contribution in [3.63, 3.8) is 0 Å². The number of allylic oxidation sites excluding steroid dienone is 4. The Bertz CT molecular complexity index is 823. The largest absolute Gasteiger partial charge is 0.458 e. The molecule has 0 aromatic heterocycles. The maximum absolute atomic E-state index is 5.99. The van der Waals surface area contributed by atoms with Gasteiger partial charge in [0.2, 0.25) is 0 Å². The van der Waals surface area contributed by atoms with E-state index in [0.29, 0.717) is 0 Å². The Kier molecular flexibility index (Phi) is 6.38. The Labute approximate surface area is 168 Å². The smallest absolute Gasteiger partial charge is 0.123 e. The molecule has 0 saturated heterocycles. The van der Waals surface area contributed by atoms with Gasteiger partial charge in [0.25, 0.3) is 0 Å². The summed E-state index contributed by atoms with van der Waals surface area (Å²) in [6.07, 6.45) is 13.3. The third-order valence-electron chi connectivity index (χ3n) is 4.57. The molecule has 3 nitrogen and oxygen atoms in total. The predicted octanol–water partition coefficient (Wildman–Crippen LogP) is 5.73. The van der Waals surface area contributed by atoms with Gasteiger partial charge < -0.3 is 14.5 Å². The Morgan fingerprint density at radius 1 is 0.607 bits per heavy atom. The molecule has 0 N–H and O–H groups in total. The molecule has 0 spiro atoms. The average Bonchev–Trinajstić information content (AvgIpc) is 2.71. The number of anilines is 2. The molecule has 2 aromatic rings. The Hall–Kier alpha value is -3.20. The van der Waals surface area contributed by atoms with Crippen molar-refractivity contribution in [1.29, 1.82) is 0 Å². The Morgan fingerprint density at radius 2 is 1.00 bits per heavy atom. The van der Waals surface area contributed by atoms with Crippen molar-refractivity contribution in [1.82, 2.24) is 0 Å². The second kappa shape index (κ2) is 9.14. The molecule has 2 aromatic carbocycles. The first-order chi connectivity index (χ1) is 13.5. The Morgan fingerprint density at radius 3 is 1.36 bits per heavy atom. The molecule has 1 aliphatic heterocycles. The summed E-state index contributed by atoms with van der Waals surface area (Å²) in [7, 11) is 8.18. The first-order valence-corrected chi connectivity index (χ1v) is 9.50. The molecule has 0 aliphatic carbocycles. The lowest BCUT2D eigenvalue weighted by Crippen LogP contribution is -2.07. The molecule has 28 heavy (non-hydrogen) atoms. The molecule has 0 atom stereocenters. The second-order valence-electron chi connectivity index (χ2n) is 7.19. The molecule has 0 saturated carbocycles. The lowest BCUT2D eigenvalue weighted by atomic mass is 10.1. The van der Waals surface area contributed by atoms with E-state index in [9.17, 15) is 0 Å². The first kappa shape index (κ1) is 19.6. The highest BCUT2D eigenvalue weighted by Gasteiger charge is 2.03. The van der Waals surface area contributed by atoms with Crippen LogP contribution in [-0.4, -0.2) is 28.2 Å². The van der Waals surface area contributed by atoms with Gasteiger partial charge in [-0.05, 0) is 66.1 Å². The van der Waals surface area contributed by atoms with Crippen LogP contribution in [0.2, 0.25) is 0 Å². The Balaban J connectivity index is 1.59. The lowest BCUT2D eigenvalue weighted by Gasteiger charge is -2.13. The van der Waals surface area contributed by atoms with Crippen LogP contribution in [0, 0.1) is 0 Å². The maximum Gasteiger partial charge on any atom is 0.123 e. The van der Waals surface area contributed by atoms with E-state index in [1.165, 1.54) is 11.4 Å². The van der Waals surface area contributed by atoms with Crippen molar-refractivity contribution in [3.05, 3.63) is 95.5 Å². The van der Waals surface area contributed by atoms with Crippen LogP contribution in [0.4, 0.5) is 11.4 Å². The standard InChI is InChI=1S/C25H28N2O/c1-26(2)22-14-8-20(9-15-22)12-18-24-6-5-7-25(28-24)19-13-21-10-16-23(17-11-21)27(3)4/h6-19H,5H2,1-4H3. The van der Waals surface area contributed by atoms with Gasteiger partial charge in [-0.25, -0.2) is 0 Å². The van der Waals surface area contributed by atoms with Gasteiger partial charge in [0, 0.05) is 39.6 Å². The van der Waals surface area contributed by atoms with E-state index < -0.39 is 0 Å². The monoisotopic (exact) mass is 372 g/mol. The molecule has 3 heteroatoms. The molecule has 0 radical (unpaired) electrons. The molecule has 0 amide bonds. The van der Waals surface area contributed by atoms with Gasteiger partial charge in [0.15, 0.2) is 0 Å². The molecule has 3 rings (SSSR count). The van der Waals surface area contributed by atoms with Crippen LogP contribution in [-0.2, 0) is 4.74 Å². The van der Waals surface area contributed by atoms with E-state index in [1.54, 1.807) is 0 Å². The van der Waals surface area contributed by atoms with Gasteiger partial charge in [0.05, 0.1) is 0 Å². The van der Waals surface area contributed by atoms with Crippen molar-refractivity contribution < 1.29 is 4.74 Å². The SMILES string of the molecule is CN(C)c1ccc(C=CC2=CCC=C(C=Cc3ccc(N(C)C)cc3)O2)cc1. The van der Waals surface area contributed by atoms with Crippen LogP contribution < -0.4 is 9.80 Å². The summed E-state index contributed by atoms with van der Waals surface area (Å²) in [5, 5.41) is 0. The summed E-state index contributed by atoms with van der Waals surface area (Å²) in [6, 6.07) is 16.9. The van der Waals surface area contributed by atoms with Gasteiger partial charge in [-0.15, -0.1) is 0 Å². The average molecular weight is 373 g/mol. The van der Waals surface area contributed by atoms with E-state index in [0.717, 1.165) is 29.1 Å². The molecule has 0 fully saturated rings. The summed E-state index contributed by atoms with van der Waals surface area (Å²) >= 11 is 0. The van der Waals surface area contributed by atoms with Crippen molar-refractivity contribution in [2.24, 2.45) is 0 Å². The minimum absolute atomic E-state index is 0.873. The second-order valence-corrected chi connectivity index (χ2v) is 7.19. The number of rotatable bonds is 6. The van der Waals surface area contributed by atoms with Crippen LogP contribution in [0.1, 0.15) is 17.5 Å². The van der Waals surface area contributed by atoms with Crippen molar-refractivity contribution in [2.45, 2.75) is 6.42 Å². The highest BCUT2D eigenvalue weighted by Crippen LogP contribution is 2.21. The topological polar surface area (TPSA) is 15.7 Å². The van der Waals surface area contributed by atoms with Crippen molar-refractivity contribution in [2.75, 3.05) is 38.0 Å². The molecule has 1 aliphatic rings. The van der Waals surface area contributed by atoms with E-state index in [4.69, 9.17) is 4.74 Å². The molecular formula is C25H28N2O. The van der Waals surface area contributed by atoms with Gasteiger partial charge in [-0.3, -0.25) is 0 Å².